The molecule has 2 heterocycles. The smallest absolute Gasteiger partial charge is 0.408 e. The van der Waals surface area contributed by atoms with Crippen LogP contribution in [-0.4, -0.2) is 10.5 Å². The van der Waals surface area contributed by atoms with E-state index in [1.807, 2.05) is 6.07 Å². The molecule has 7 heteroatoms. The SMILES string of the molecule is N#Cc1c(NC(=O)CCn2c(=O)oc3ccccc32)sc2c1CCC2. The summed E-state index contributed by atoms with van der Waals surface area (Å²) in [5.74, 6) is -0.685. The van der Waals surface area contributed by atoms with Crippen molar-refractivity contribution in [2.75, 3.05) is 5.32 Å². The molecule has 1 aliphatic rings. The Morgan fingerprint density at radius 2 is 2.20 bits per heavy atom. The van der Waals surface area contributed by atoms with Crippen LogP contribution in [-0.2, 0) is 24.2 Å². The molecule has 0 spiro atoms. The highest BCUT2D eigenvalue weighted by Crippen LogP contribution is 2.38. The first-order valence-corrected chi connectivity index (χ1v) is 8.92. The molecule has 4 rings (SSSR count). The first-order valence-electron chi connectivity index (χ1n) is 8.10. The Morgan fingerprint density at radius 3 is 3.04 bits per heavy atom. The van der Waals surface area contributed by atoms with E-state index in [1.54, 1.807) is 18.2 Å². The van der Waals surface area contributed by atoms with Gasteiger partial charge >= 0.3 is 5.76 Å². The third-order valence-corrected chi connectivity index (χ3v) is 5.63. The van der Waals surface area contributed by atoms with Gasteiger partial charge in [-0.1, -0.05) is 12.1 Å². The number of anilines is 1. The van der Waals surface area contributed by atoms with Crippen LogP contribution in [0.1, 0.15) is 28.8 Å². The van der Waals surface area contributed by atoms with Crippen LogP contribution in [0, 0.1) is 11.3 Å². The Balaban J connectivity index is 1.49. The van der Waals surface area contributed by atoms with Crippen LogP contribution in [0.25, 0.3) is 11.1 Å². The molecule has 0 radical (unpaired) electrons. The van der Waals surface area contributed by atoms with E-state index in [0.29, 0.717) is 21.7 Å². The van der Waals surface area contributed by atoms with Crippen molar-refractivity contribution in [3.8, 4) is 6.07 Å². The number of rotatable bonds is 4. The average molecular weight is 353 g/mol. The number of thiophene rings is 1. The minimum absolute atomic E-state index is 0.136. The van der Waals surface area contributed by atoms with E-state index < -0.39 is 5.76 Å². The van der Waals surface area contributed by atoms with Crippen LogP contribution in [0.3, 0.4) is 0 Å². The van der Waals surface area contributed by atoms with Gasteiger partial charge in [0.05, 0.1) is 11.1 Å². The zero-order valence-electron chi connectivity index (χ0n) is 13.4. The van der Waals surface area contributed by atoms with Crippen LogP contribution in [0.5, 0.6) is 0 Å². The molecule has 1 aromatic carbocycles. The van der Waals surface area contributed by atoms with E-state index in [0.717, 1.165) is 24.8 Å². The number of aromatic nitrogens is 1. The predicted molar refractivity (Wildman–Crippen MR) is 94.8 cm³/mol. The number of oxazole rings is 1. The molecule has 0 fully saturated rings. The Labute approximate surface area is 147 Å². The van der Waals surface area contributed by atoms with Crippen molar-refractivity contribution >= 4 is 33.3 Å². The van der Waals surface area contributed by atoms with E-state index in [1.165, 1.54) is 20.8 Å². The first-order chi connectivity index (χ1) is 12.2. The first kappa shape index (κ1) is 15.7. The van der Waals surface area contributed by atoms with Crippen molar-refractivity contribution in [1.29, 1.82) is 5.26 Å². The van der Waals surface area contributed by atoms with E-state index in [9.17, 15) is 14.9 Å². The molecule has 6 nitrogen and oxygen atoms in total. The maximum Gasteiger partial charge on any atom is 0.419 e. The highest BCUT2D eigenvalue weighted by atomic mass is 32.1. The molecule has 2 aromatic heterocycles. The van der Waals surface area contributed by atoms with Crippen LogP contribution >= 0.6 is 11.3 Å². The van der Waals surface area contributed by atoms with Gasteiger partial charge in [-0.25, -0.2) is 4.79 Å². The molecule has 1 amide bonds. The van der Waals surface area contributed by atoms with Gasteiger partial charge in [-0.2, -0.15) is 5.26 Å². The molecule has 0 unspecified atom stereocenters. The summed E-state index contributed by atoms with van der Waals surface area (Å²) < 4.78 is 6.61. The molecular weight excluding hydrogens is 338 g/mol. The van der Waals surface area contributed by atoms with E-state index in [-0.39, 0.29) is 18.9 Å². The van der Waals surface area contributed by atoms with Crippen molar-refractivity contribution in [2.24, 2.45) is 0 Å². The van der Waals surface area contributed by atoms with Gasteiger partial charge in [0.25, 0.3) is 0 Å². The Kier molecular flexibility index (Phi) is 3.90. The lowest BCUT2D eigenvalue weighted by Crippen LogP contribution is -2.19. The molecule has 126 valence electrons. The highest BCUT2D eigenvalue weighted by molar-refractivity contribution is 7.16. The largest absolute Gasteiger partial charge is 0.419 e. The number of hydrogen-bond donors (Lipinski definition) is 1. The molecule has 1 aliphatic carbocycles. The van der Waals surface area contributed by atoms with Gasteiger partial charge in [0.15, 0.2) is 5.58 Å². The highest BCUT2D eigenvalue weighted by Gasteiger charge is 2.23. The number of aryl methyl sites for hydroxylation is 2. The summed E-state index contributed by atoms with van der Waals surface area (Å²) in [6.45, 7) is 0.231. The van der Waals surface area contributed by atoms with Gasteiger partial charge in [-0.15, -0.1) is 11.3 Å². The topological polar surface area (TPSA) is 88.0 Å². The van der Waals surface area contributed by atoms with Gasteiger partial charge in [-0.3, -0.25) is 9.36 Å². The third kappa shape index (κ3) is 2.75. The average Bonchev–Trinajstić information content (AvgIpc) is 3.25. The molecule has 25 heavy (non-hydrogen) atoms. The molecule has 3 aromatic rings. The Bertz CT molecular complexity index is 1070. The predicted octanol–water partition coefficient (Wildman–Crippen LogP) is 3.05. The van der Waals surface area contributed by atoms with Gasteiger partial charge in [0.2, 0.25) is 5.91 Å². The molecule has 0 aliphatic heterocycles. The molecule has 0 atom stereocenters. The maximum atomic E-state index is 12.3. The molecule has 1 N–H and O–H groups in total. The fraction of sp³-hybridized carbons (Fsp3) is 0.278. The lowest BCUT2D eigenvalue weighted by atomic mass is 10.1. The lowest BCUT2D eigenvalue weighted by molar-refractivity contribution is -0.116. The van der Waals surface area contributed by atoms with Gasteiger partial charge in [-0.05, 0) is 37.0 Å². The van der Waals surface area contributed by atoms with Crippen molar-refractivity contribution in [3.05, 3.63) is 50.8 Å². The van der Waals surface area contributed by atoms with Gasteiger partial charge in [0.1, 0.15) is 11.1 Å². The van der Waals surface area contributed by atoms with E-state index in [4.69, 9.17) is 4.42 Å². The van der Waals surface area contributed by atoms with Gasteiger partial charge in [0, 0.05) is 17.8 Å². The standard InChI is InChI=1S/C18H15N3O3S/c19-10-12-11-4-3-7-15(11)25-17(12)20-16(22)8-9-21-13-5-1-2-6-14(13)24-18(21)23/h1-2,5-6H,3-4,7-9H2,(H,20,22). The normalized spacial score (nSPS) is 12.9. The number of amides is 1. The summed E-state index contributed by atoms with van der Waals surface area (Å²) in [5.41, 5.74) is 2.86. The summed E-state index contributed by atoms with van der Waals surface area (Å²) in [4.78, 5) is 25.4. The van der Waals surface area contributed by atoms with Crippen molar-refractivity contribution < 1.29 is 9.21 Å². The summed E-state index contributed by atoms with van der Waals surface area (Å²) in [6, 6.07) is 9.33. The number of nitrogens with zero attached hydrogens (tertiary/aromatic N) is 2. The third-order valence-electron chi connectivity index (χ3n) is 4.42. The monoisotopic (exact) mass is 353 g/mol. The number of hydrogen-bond acceptors (Lipinski definition) is 5. The van der Waals surface area contributed by atoms with Crippen molar-refractivity contribution in [3.63, 3.8) is 0 Å². The summed E-state index contributed by atoms with van der Waals surface area (Å²) in [7, 11) is 0. The second-order valence-corrected chi connectivity index (χ2v) is 7.06. The molecule has 0 saturated carbocycles. The van der Waals surface area contributed by atoms with Crippen LogP contribution in [0.4, 0.5) is 5.00 Å². The van der Waals surface area contributed by atoms with Crippen molar-refractivity contribution in [2.45, 2.75) is 32.2 Å². The number of fused-ring (bicyclic) bond motifs is 2. The minimum Gasteiger partial charge on any atom is -0.408 e. The van der Waals surface area contributed by atoms with Crippen LogP contribution in [0.15, 0.2) is 33.5 Å². The number of para-hydroxylation sites is 2. The van der Waals surface area contributed by atoms with Crippen LogP contribution < -0.4 is 11.1 Å². The Morgan fingerprint density at radius 1 is 1.36 bits per heavy atom. The van der Waals surface area contributed by atoms with Gasteiger partial charge < -0.3 is 9.73 Å². The number of carbonyl (C=O) groups is 1. The number of nitriles is 1. The number of benzene rings is 1. The molecule has 0 saturated heterocycles. The molecular formula is C18H15N3O3S. The van der Waals surface area contributed by atoms with Crippen molar-refractivity contribution in [1.82, 2.24) is 4.57 Å². The lowest BCUT2D eigenvalue weighted by Gasteiger charge is -2.05. The zero-order chi connectivity index (χ0) is 17.4. The summed E-state index contributed by atoms with van der Waals surface area (Å²) >= 11 is 1.49. The van der Waals surface area contributed by atoms with Crippen LogP contribution in [0.2, 0.25) is 0 Å². The fourth-order valence-electron chi connectivity index (χ4n) is 3.24. The number of carbonyl (C=O) groups excluding carboxylic acids is 1. The summed E-state index contributed by atoms with van der Waals surface area (Å²) in [5, 5.41) is 12.8. The number of nitrogens with one attached hydrogen (secondary N) is 1. The molecule has 0 bridgehead atoms. The maximum absolute atomic E-state index is 12.3. The summed E-state index contributed by atoms with van der Waals surface area (Å²) in [6.07, 6.45) is 3.08. The quantitative estimate of drug-likeness (QED) is 0.781. The minimum atomic E-state index is -0.471. The zero-order valence-corrected chi connectivity index (χ0v) is 14.2. The van der Waals surface area contributed by atoms with E-state index in [2.05, 4.69) is 11.4 Å². The van der Waals surface area contributed by atoms with E-state index >= 15 is 0 Å². The Hall–Kier alpha value is -2.85. The fourth-order valence-corrected chi connectivity index (χ4v) is 4.49. The second kappa shape index (κ2) is 6.22. The second-order valence-electron chi connectivity index (χ2n) is 5.96.